The SMILES string of the molecule is CC(OCC1(c2ccccc2)CCC2(CC1)NC(=O)N(CCN(C)S(C)(=O)=O)C2=O)c1cc(C(F)(F)F)cc(C(F)(F)F)c1. The van der Waals surface area contributed by atoms with Crippen LogP contribution >= 0.6 is 0 Å². The Labute approximate surface area is 251 Å². The number of imide groups is 1. The molecule has 1 saturated heterocycles. The number of nitrogens with one attached hydrogen (secondary N) is 1. The summed E-state index contributed by atoms with van der Waals surface area (Å²) in [5.41, 5.74) is -4.32. The molecule has 1 saturated carbocycles. The topological polar surface area (TPSA) is 96.0 Å². The summed E-state index contributed by atoms with van der Waals surface area (Å²) in [6, 6.07) is 9.75. The average molecular weight is 650 g/mol. The van der Waals surface area contributed by atoms with Crippen molar-refractivity contribution in [2.75, 3.05) is 33.0 Å². The smallest absolute Gasteiger partial charge is 0.373 e. The van der Waals surface area contributed by atoms with Crippen LogP contribution in [0.3, 0.4) is 0 Å². The van der Waals surface area contributed by atoms with E-state index >= 15 is 0 Å². The van der Waals surface area contributed by atoms with Gasteiger partial charge in [0.1, 0.15) is 5.54 Å². The Balaban J connectivity index is 1.54. The molecule has 3 amide bonds. The summed E-state index contributed by atoms with van der Waals surface area (Å²) in [6.45, 7) is 1.08. The van der Waals surface area contributed by atoms with E-state index in [0.717, 1.165) is 21.0 Å². The Morgan fingerprint density at radius 1 is 0.955 bits per heavy atom. The summed E-state index contributed by atoms with van der Waals surface area (Å²) in [6.07, 6.45) is -9.13. The van der Waals surface area contributed by atoms with Gasteiger partial charge in [0.2, 0.25) is 10.0 Å². The minimum Gasteiger partial charge on any atom is -0.373 e. The summed E-state index contributed by atoms with van der Waals surface area (Å²) < 4.78 is 111. The Bertz CT molecular complexity index is 1460. The largest absolute Gasteiger partial charge is 0.416 e. The fourth-order valence-electron chi connectivity index (χ4n) is 5.68. The van der Waals surface area contributed by atoms with Gasteiger partial charge in [0.25, 0.3) is 5.91 Å². The minimum absolute atomic E-state index is 0.0671. The first-order chi connectivity index (χ1) is 20.3. The molecular weight excluding hydrogens is 616 g/mol. The molecule has 1 spiro atoms. The molecule has 1 unspecified atom stereocenters. The van der Waals surface area contributed by atoms with Gasteiger partial charge in [0.05, 0.1) is 30.1 Å². The summed E-state index contributed by atoms with van der Waals surface area (Å²) in [4.78, 5) is 27.2. The van der Waals surface area contributed by atoms with Gasteiger partial charge in [0.15, 0.2) is 0 Å². The highest BCUT2D eigenvalue weighted by Crippen LogP contribution is 2.46. The summed E-state index contributed by atoms with van der Waals surface area (Å²) >= 11 is 0. The quantitative estimate of drug-likeness (QED) is 0.286. The first kappa shape index (κ1) is 33.7. The standard InChI is InChI=1S/C29H33F6N3O5S/c1-19(20-15-22(28(30,31)32)17-23(16-20)29(33,34)35)43-18-26(21-7-5-4-6-8-21)9-11-27(12-10-26)24(39)38(25(40)36-27)14-13-37(2)44(3,41)42/h4-8,15-17,19H,9-14,18H2,1-3H3,(H,36,40). The number of nitrogens with zero attached hydrogens (tertiary/aromatic N) is 2. The van der Waals surface area contributed by atoms with Crippen molar-refractivity contribution in [1.29, 1.82) is 0 Å². The van der Waals surface area contributed by atoms with Crippen LogP contribution in [0.2, 0.25) is 0 Å². The first-order valence-electron chi connectivity index (χ1n) is 13.8. The number of sulfonamides is 1. The Hall–Kier alpha value is -3.17. The molecule has 1 aliphatic carbocycles. The summed E-state index contributed by atoms with van der Waals surface area (Å²) in [7, 11) is -2.19. The molecule has 0 bridgehead atoms. The molecule has 1 heterocycles. The molecule has 2 aliphatic rings. The molecular formula is C29H33F6N3O5S. The second-order valence-electron chi connectivity index (χ2n) is 11.5. The maximum atomic E-state index is 13.4. The number of carbonyl (C=O) groups excluding carboxylic acids is 2. The molecule has 1 aliphatic heterocycles. The molecule has 0 aromatic heterocycles. The predicted octanol–water partition coefficient (Wildman–Crippen LogP) is 5.50. The Morgan fingerprint density at radius 3 is 2.00 bits per heavy atom. The van der Waals surface area contributed by atoms with Gasteiger partial charge in [0, 0.05) is 25.6 Å². The third kappa shape index (κ3) is 7.04. The summed E-state index contributed by atoms with van der Waals surface area (Å²) in [5.74, 6) is -0.482. The van der Waals surface area contributed by atoms with Gasteiger partial charge in [-0.2, -0.15) is 26.3 Å². The van der Waals surface area contributed by atoms with E-state index < -0.39 is 62.5 Å². The molecule has 15 heteroatoms. The first-order valence-corrected chi connectivity index (χ1v) is 15.6. The molecule has 4 rings (SSSR count). The second kappa shape index (κ2) is 12.0. The molecule has 44 heavy (non-hydrogen) atoms. The fourth-order valence-corrected chi connectivity index (χ4v) is 6.10. The van der Waals surface area contributed by atoms with Crippen LogP contribution in [0, 0.1) is 0 Å². The highest BCUT2D eigenvalue weighted by molar-refractivity contribution is 7.88. The van der Waals surface area contributed by atoms with Crippen molar-refractivity contribution < 1.29 is 49.1 Å². The van der Waals surface area contributed by atoms with Crippen molar-refractivity contribution in [2.24, 2.45) is 0 Å². The van der Waals surface area contributed by atoms with E-state index in [9.17, 15) is 44.3 Å². The molecule has 8 nitrogen and oxygen atoms in total. The monoisotopic (exact) mass is 649 g/mol. The third-order valence-corrected chi connectivity index (χ3v) is 9.90. The van der Waals surface area contributed by atoms with Crippen LogP contribution in [0.4, 0.5) is 31.1 Å². The number of alkyl halides is 6. The average Bonchev–Trinajstić information content (AvgIpc) is 3.18. The van der Waals surface area contributed by atoms with Crippen LogP contribution in [-0.4, -0.2) is 68.1 Å². The fraction of sp³-hybridized carbons (Fsp3) is 0.517. The van der Waals surface area contributed by atoms with Crippen LogP contribution in [0.1, 0.15) is 61.0 Å². The number of carbonyl (C=O) groups is 2. The van der Waals surface area contributed by atoms with Crippen molar-refractivity contribution in [3.05, 3.63) is 70.8 Å². The van der Waals surface area contributed by atoms with Crippen LogP contribution < -0.4 is 5.32 Å². The van der Waals surface area contributed by atoms with E-state index in [4.69, 9.17) is 4.74 Å². The van der Waals surface area contributed by atoms with Crippen LogP contribution in [0.15, 0.2) is 48.5 Å². The number of hydrogen-bond donors (Lipinski definition) is 1. The number of benzene rings is 2. The van der Waals surface area contributed by atoms with Crippen molar-refractivity contribution >= 4 is 22.0 Å². The summed E-state index contributed by atoms with van der Waals surface area (Å²) in [5, 5.41) is 2.77. The van der Waals surface area contributed by atoms with Crippen molar-refractivity contribution in [3.8, 4) is 0 Å². The van der Waals surface area contributed by atoms with E-state index in [1.807, 2.05) is 12.1 Å². The molecule has 2 aromatic carbocycles. The Morgan fingerprint density at radius 2 is 1.50 bits per heavy atom. The van der Waals surface area contributed by atoms with Crippen molar-refractivity contribution in [1.82, 2.24) is 14.5 Å². The van der Waals surface area contributed by atoms with Gasteiger partial charge in [-0.25, -0.2) is 17.5 Å². The lowest BCUT2D eigenvalue weighted by molar-refractivity contribution is -0.143. The van der Waals surface area contributed by atoms with Gasteiger partial charge >= 0.3 is 18.4 Å². The number of rotatable bonds is 9. The maximum Gasteiger partial charge on any atom is 0.416 e. The number of hydrogen-bond acceptors (Lipinski definition) is 5. The van der Waals surface area contributed by atoms with Crippen LogP contribution in [-0.2, 0) is 37.3 Å². The van der Waals surface area contributed by atoms with Gasteiger partial charge in [-0.15, -0.1) is 0 Å². The van der Waals surface area contributed by atoms with Gasteiger partial charge in [-0.1, -0.05) is 30.3 Å². The molecule has 0 radical (unpaired) electrons. The van der Waals surface area contributed by atoms with E-state index in [1.54, 1.807) is 18.2 Å². The maximum absolute atomic E-state index is 13.4. The van der Waals surface area contributed by atoms with Crippen LogP contribution in [0.5, 0.6) is 0 Å². The van der Waals surface area contributed by atoms with Gasteiger partial charge in [-0.3, -0.25) is 9.69 Å². The highest BCUT2D eigenvalue weighted by atomic mass is 32.2. The van der Waals surface area contributed by atoms with E-state index in [2.05, 4.69) is 5.32 Å². The lowest BCUT2D eigenvalue weighted by Crippen LogP contribution is -2.53. The molecule has 1 N–H and O–H groups in total. The number of urea groups is 1. The zero-order chi connectivity index (χ0) is 32.7. The molecule has 242 valence electrons. The molecule has 2 fully saturated rings. The zero-order valence-corrected chi connectivity index (χ0v) is 25.1. The highest BCUT2D eigenvalue weighted by Gasteiger charge is 2.55. The van der Waals surface area contributed by atoms with E-state index in [0.29, 0.717) is 25.0 Å². The predicted molar refractivity (Wildman–Crippen MR) is 148 cm³/mol. The molecule has 1 atom stereocenters. The van der Waals surface area contributed by atoms with Crippen LogP contribution in [0.25, 0.3) is 0 Å². The van der Waals surface area contributed by atoms with Gasteiger partial charge in [-0.05, 0) is 61.9 Å². The number of likely N-dealkylation sites (N-methyl/N-ethyl adjacent to an activating group) is 1. The second-order valence-corrected chi connectivity index (χ2v) is 13.6. The van der Waals surface area contributed by atoms with Crippen molar-refractivity contribution in [3.63, 3.8) is 0 Å². The number of ether oxygens (including phenoxy) is 1. The van der Waals surface area contributed by atoms with Crippen molar-refractivity contribution in [2.45, 2.75) is 62.0 Å². The number of amides is 3. The lowest BCUT2D eigenvalue weighted by atomic mass is 9.64. The minimum atomic E-state index is -5.00. The lowest BCUT2D eigenvalue weighted by Gasteiger charge is -2.44. The van der Waals surface area contributed by atoms with E-state index in [1.165, 1.54) is 14.0 Å². The Kier molecular flexibility index (Phi) is 9.17. The number of halogens is 6. The normalized spacial score (nSPS) is 23.8. The zero-order valence-electron chi connectivity index (χ0n) is 24.3. The molecule has 2 aromatic rings. The van der Waals surface area contributed by atoms with Gasteiger partial charge < -0.3 is 10.1 Å². The van der Waals surface area contributed by atoms with E-state index in [-0.39, 0.29) is 44.2 Å². The third-order valence-electron chi connectivity index (χ3n) is 8.59.